The van der Waals surface area contributed by atoms with Gasteiger partial charge in [-0.1, -0.05) is 82.5 Å². The number of ether oxygens (including phenoxy) is 1. The summed E-state index contributed by atoms with van der Waals surface area (Å²) in [7, 11) is 2.83. The molecule has 1 aliphatic rings. The number of cyclic esters (lactones) is 1. The summed E-state index contributed by atoms with van der Waals surface area (Å²) in [6.07, 6.45) is 1.70. The number of nitrogens with one attached hydrogen (secondary N) is 4. The lowest BCUT2D eigenvalue weighted by molar-refractivity contribution is -0.154. The molecule has 2 rings (SSSR count). The van der Waals surface area contributed by atoms with Crippen LogP contribution >= 0.6 is 11.6 Å². The van der Waals surface area contributed by atoms with E-state index in [1.54, 1.807) is 58.0 Å². The standard InChI is InChI=1S/C44H67ClN6O9/c1-13-25(5)37-28(8)34(52)20-15-27(7)44(59)60-35(21-24(3)4)40(55)47-30(10)42(57)51(12)33(22-31-16-18-32(45)19-17-31)43(58)50(11)23-36(53)48-38(26(6)14-2)41(56)46-29(9)39(54)49-37/h13,15-19,24,26,28-30,33-35,37-38,52H,14,20-23H2,1-12H3,(H,46,56)(H,47,55)(H,48,53)(H,49,54)/b25-13+,27-15+/t26?,28-,29+,30-,33+,34-,35+,37+,38-/m0/s1. The van der Waals surface area contributed by atoms with Gasteiger partial charge in [-0.2, -0.15) is 0 Å². The molecule has 9 atom stereocenters. The van der Waals surface area contributed by atoms with Crippen LogP contribution in [0.25, 0.3) is 0 Å². The van der Waals surface area contributed by atoms with Crippen LogP contribution in [-0.2, 0) is 44.7 Å². The number of carbonyl (C=O) groups excluding carboxylic acids is 7. The van der Waals surface area contributed by atoms with Gasteiger partial charge in [-0.15, -0.1) is 0 Å². The molecule has 5 N–H and O–H groups in total. The Hall–Kier alpha value is -4.76. The monoisotopic (exact) mass is 858 g/mol. The van der Waals surface area contributed by atoms with E-state index in [0.29, 0.717) is 17.0 Å². The topological polar surface area (TPSA) is 204 Å². The van der Waals surface area contributed by atoms with Gasteiger partial charge in [0.25, 0.3) is 5.91 Å². The zero-order valence-electron chi connectivity index (χ0n) is 37.3. The Labute approximate surface area is 360 Å². The fraction of sp³-hybridized carbons (Fsp3) is 0.614. The molecular weight excluding hydrogens is 792 g/mol. The van der Waals surface area contributed by atoms with Gasteiger partial charge < -0.3 is 40.9 Å². The van der Waals surface area contributed by atoms with Crippen molar-refractivity contribution in [2.24, 2.45) is 17.8 Å². The van der Waals surface area contributed by atoms with Gasteiger partial charge in [0.15, 0.2) is 6.10 Å². The highest BCUT2D eigenvalue weighted by molar-refractivity contribution is 6.30. The summed E-state index contributed by atoms with van der Waals surface area (Å²) in [5, 5.41) is 22.8. The molecule has 0 aromatic heterocycles. The molecule has 0 fully saturated rings. The molecule has 334 valence electrons. The first kappa shape index (κ1) is 51.4. The van der Waals surface area contributed by atoms with Crippen LogP contribution in [0.15, 0.2) is 47.6 Å². The van der Waals surface area contributed by atoms with Gasteiger partial charge in [-0.3, -0.25) is 28.8 Å². The summed E-state index contributed by atoms with van der Waals surface area (Å²) < 4.78 is 5.67. The average Bonchev–Trinajstić information content (AvgIpc) is 3.20. The number of carbonyl (C=O) groups is 7. The van der Waals surface area contributed by atoms with Gasteiger partial charge in [0, 0.05) is 37.0 Å². The summed E-state index contributed by atoms with van der Waals surface area (Å²) in [5.41, 5.74) is 1.56. The summed E-state index contributed by atoms with van der Waals surface area (Å²) >= 11 is 6.11. The summed E-state index contributed by atoms with van der Waals surface area (Å²) in [6, 6.07) is 1.65. The second-order valence-electron chi connectivity index (χ2n) is 16.5. The highest BCUT2D eigenvalue weighted by Crippen LogP contribution is 2.21. The normalized spacial score (nSPS) is 28.6. The number of likely N-dealkylation sites (N-methyl/N-ethyl adjacent to an activating group) is 2. The van der Waals surface area contributed by atoms with E-state index in [2.05, 4.69) is 21.3 Å². The summed E-state index contributed by atoms with van der Waals surface area (Å²) in [4.78, 5) is 98.3. The Morgan fingerprint density at radius 2 is 1.50 bits per heavy atom. The SMILES string of the molecule is C/C=C(\C)[C@H]1NC(=O)[C@@H](C)NC(=O)[C@H](C(C)CC)NC(=O)CN(C)C(=O)[C@@H](Cc2ccc(Cl)cc2)N(C)C(=O)[C@H](C)NC(=O)[C@@H](CC(C)C)OC(=O)/C(C)=C/C[C@H](O)[C@@H]1C. The number of benzene rings is 1. The van der Waals surface area contributed by atoms with Crippen LogP contribution in [0.4, 0.5) is 0 Å². The molecule has 60 heavy (non-hydrogen) atoms. The van der Waals surface area contributed by atoms with Crippen LogP contribution in [0.1, 0.15) is 94.1 Å². The number of amides is 6. The van der Waals surface area contributed by atoms with Crippen molar-refractivity contribution in [2.75, 3.05) is 20.6 Å². The number of rotatable bonds is 7. The van der Waals surface area contributed by atoms with E-state index < -0.39 is 96.3 Å². The van der Waals surface area contributed by atoms with Gasteiger partial charge >= 0.3 is 5.97 Å². The van der Waals surface area contributed by atoms with Gasteiger partial charge in [-0.05, 0) is 77.0 Å². The molecule has 1 aromatic carbocycles. The number of nitrogens with zero attached hydrogens (tertiary/aromatic N) is 2. The van der Waals surface area contributed by atoms with Crippen LogP contribution in [0, 0.1) is 17.8 Å². The highest BCUT2D eigenvalue weighted by atomic mass is 35.5. The van der Waals surface area contributed by atoms with Crippen molar-refractivity contribution in [1.82, 2.24) is 31.1 Å². The van der Waals surface area contributed by atoms with Gasteiger partial charge in [0.05, 0.1) is 18.7 Å². The molecule has 1 aromatic rings. The minimum Gasteiger partial charge on any atom is -0.449 e. The van der Waals surface area contributed by atoms with Gasteiger partial charge in [0.1, 0.15) is 24.2 Å². The van der Waals surface area contributed by atoms with E-state index in [0.717, 1.165) is 10.5 Å². The van der Waals surface area contributed by atoms with Crippen molar-refractivity contribution in [3.8, 4) is 0 Å². The van der Waals surface area contributed by atoms with Crippen molar-refractivity contribution in [2.45, 2.75) is 137 Å². The Kier molecular flexibility index (Phi) is 20.4. The predicted molar refractivity (Wildman–Crippen MR) is 230 cm³/mol. The third-order valence-corrected chi connectivity index (χ3v) is 11.3. The van der Waals surface area contributed by atoms with Crippen molar-refractivity contribution < 1.29 is 43.4 Å². The van der Waals surface area contributed by atoms with Crippen LogP contribution in [-0.4, -0.2) is 119 Å². The Morgan fingerprint density at radius 3 is 2.07 bits per heavy atom. The fourth-order valence-corrected chi connectivity index (χ4v) is 6.82. The van der Waals surface area contributed by atoms with E-state index in [4.69, 9.17) is 16.3 Å². The minimum absolute atomic E-state index is 0.0120. The maximum Gasteiger partial charge on any atom is 0.334 e. The van der Waals surface area contributed by atoms with Crippen LogP contribution in [0.2, 0.25) is 5.02 Å². The van der Waals surface area contributed by atoms with Crippen molar-refractivity contribution in [3.05, 3.63) is 58.1 Å². The molecule has 0 saturated heterocycles. The summed E-state index contributed by atoms with van der Waals surface area (Å²) in [5.74, 6) is -5.49. The van der Waals surface area contributed by atoms with E-state index >= 15 is 0 Å². The number of aliphatic hydroxyl groups is 1. The zero-order valence-corrected chi connectivity index (χ0v) is 38.0. The fourth-order valence-electron chi connectivity index (χ4n) is 6.69. The molecular formula is C44H67ClN6O9. The predicted octanol–water partition coefficient (Wildman–Crippen LogP) is 3.46. The number of hydrogen-bond donors (Lipinski definition) is 5. The molecule has 1 aliphatic heterocycles. The van der Waals surface area contributed by atoms with Crippen LogP contribution in [0.5, 0.6) is 0 Å². The number of allylic oxidation sites excluding steroid dienone is 1. The number of halogens is 1. The lowest BCUT2D eigenvalue weighted by Gasteiger charge is -2.33. The molecule has 1 unspecified atom stereocenters. The highest BCUT2D eigenvalue weighted by Gasteiger charge is 2.36. The van der Waals surface area contributed by atoms with Gasteiger partial charge in [0.2, 0.25) is 29.5 Å². The van der Waals surface area contributed by atoms with Crippen molar-refractivity contribution in [3.63, 3.8) is 0 Å². The second kappa shape index (κ2) is 23.9. The third kappa shape index (κ3) is 15.1. The van der Waals surface area contributed by atoms with Crippen LogP contribution < -0.4 is 21.3 Å². The Morgan fingerprint density at radius 1 is 0.900 bits per heavy atom. The molecule has 0 bridgehead atoms. The largest absolute Gasteiger partial charge is 0.449 e. The lowest BCUT2D eigenvalue weighted by Crippen LogP contribution is -2.58. The smallest absolute Gasteiger partial charge is 0.334 e. The molecule has 0 radical (unpaired) electrons. The first-order valence-corrected chi connectivity index (χ1v) is 21.1. The van der Waals surface area contributed by atoms with E-state index in [9.17, 15) is 38.7 Å². The molecule has 6 amide bonds. The quantitative estimate of drug-likeness (QED) is 0.201. The van der Waals surface area contributed by atoms with Crippen molar-refractivity contribution >= 4 is 53.0 Å². The molecule has 0 aliphatic carbocycles. The van der Waals surface area contributed by atoms with Gasteiger partial charge in [-0.25, -0.2) is 4.79 Å². The first-order chi connectivity index (χ1) is 28.0. The number of esters is 1. The Bertz CT molecular complexity index is 1750. The van der Waals surface area contributed by atoms with E-state index in [-0.39, 0.29) is 36.7 Å². The zero-order chi connectivity index (χ0) is 45.6. The average molecular weight is 860 g/mol. The lowest BCUT2D eigenvalue weighted by atomic mass is 9.88. The van der Waals surface area contributed by atoms with Crippen LogP contribution in [0.3, 0.4) is 0 Å². The van der Waals surface area contributed by atoms with E-state index in [1.807, 2.05) is 20.8 Å². The maximum atomic E-state index is 14.2. The molecule has 15 nitrogen and oxygen atoms in total. The molecule has 16 heteroatoms. The second-order valence-corrected chi connectivity index (χ2v) is 16.9. The Balaban J connectivity index is 2.63. The molecule has 0 saturated carbocycles. The molecule has 1 heterocycles. The first-order valence-electron chi connectivity index (χ1n) is 20.7. The summed E-state index contributed by atoms with van der Waals surface area (Å²) in [6.45, 7) is 16.7. The maximum absolute atomic E-state index is 14.2. The van der Waals surface area contributed by atoms with Crippen molar-refractivity contribution in [1.29, 1.82) is 0 Å². The number of hydrogen-bond acceptors (Lipinski definition) is 9. The third-order valence-electron chi connectivity index (χ3n) is 11.1. The number of aliphatic hydroxyl groups excluding tert-OH is 1. The van der Waals surface area contributed by atoms with E-state index in [1.165, 1.54) is 45.8 Å². The molecule has 0 spiro atoms. The minimum atomic E-state index is -1.27.